The first-order valence-corrected chi connectivity index (χ1v) is 5.19. The van der Waals surface area contributed by atoms with Gasteiger partial charge in [-0.2, -0.15) is 0 Å². The summed E-state index contributed by atoms with van der Waals surface area (Å²) in [6, 6.07) is 19.1. The molecule has 0 aliphatic heterocycles. The van der Waals surface area contributed by atoms with Gasteiger partial charge in [0.2, 0.25) is 0 Å². The highest BCUT2D eigenvalue weighted by Crippen LogP contribution is 2.05. The Hall–Kier alpha value is -2.15. The van der Waals surface area contributed by atoms with Gasteiger partial charge >= 0.3 is 0 Å². The monoisotopic (exact) mass is 209 g/mol. The summed E-state index contributed by atoms with van der Waals surface area (Å²) in [4.78, 5) is 11.7. The fourth-order valence-electron chi connectivity index (χ4n) is 1.43. The molecule has 0 unspecified atom stereocenters. The summed E-state index contributed by atoms with van der Waals surface area (Å²) < 4.78 is 0. The van der Waals surface area contributed by atoms with Gasteiger partial charge in [-0.05, 0) is 11.6 Å². The quantitative estimate of drug-likeness (QED) is 0.429. The van der Waals surface area contributed by atoms with Crippen LogP contribution >= 0.6 is 0 Å². The smallest absolute Gasteiger partial charge is 0.185 e. The molecule has 0 atom stereocenters. The molecular formula is C15H12O. The van der Waals surface area contributed by atoms with Gasteiger partial charge in [-0.3, -0.25) is 4.79 Å². The second-order valence-electron chi connectivity index (χ2n) is 3.47. The minimum atomic E-state index is 0.0319. The van der Waals surface area contributed by atoms with Crippen molar-refractivity contribution in [2.24, 2.45) is 0 Å². The van der Waals surface area contributed by atoms with Crippen molar-refractivity contribution < 1.29 is 4.79 Å². The van der Waals surface area contributed by atoms with E-state index in [9.17, 15) is 4.79 Å². The fourth-order valence-corrected chi connectivity index (χ4v) is 1.43. The van der Waals surface area contributed by atoms with Crippen LogP contribution in [0.25, 0.3) is 6.08 Å². The maximum atomic E-state index is 11.7. The van der Waals surface area contributed by atoms with Gasteiger partial charge in [0, 0.05) is 5.56 Å². The van der Waals surface area contributed by atoms with Gasteiger partial charge < -0.3 is 0 Å². The molecule has 0 spiro atoms. The van der Waals surface area contributed by atoms with E-state index >= 15 is 0 Å². The molecule has 2 rings (SSSR count). The molecule has 0 saturated heterocycles. The van der Waals surface area contributed by atoms with E-state index in [1.807, 2.05) is 66.7 Å². The van der Waals surface area contributed by atoms with Crippen molar-refractivity contribution >= 4 is 11.9 Å². The summed E-state index contributed by atoms with van der Waals surface area (Å²) in [6.07, 6.45) is 3.43. The van der Waals surface area contributed by atoms with Gasteiger partial charge in [-0.1, -0.05) is 66.7 Å². The SMILES string of the molecule is O=C(C=[13CH]c1ccccc1)c1ccccc1. The Kier molecular flexibility index (Phi) is 3.29. The van der Waals surface area contributed by atoms with Crippen LogP contribution in [-0.2, 0) is 0 Å². The molecule has 0 aliphatic carbocycles. The average Bonchev–Trinajstić information content (AvgIpc) is 2.38. The molecule has 1 heteroatoms. The Morgan fingerprint density at radius 1 is 0.812 bits per heavy atom. The fraction of sp³-hybridized carbons (Fsp3) is 0. The van der Waals surface area contributed by atoms with E-state index < -0.39 is 0 Å². The number of ketones is 1. The Labute approximate surface area is 95.1 Å². The summed E-state index contributed by atoms with van der Waals surface area (Å²) in [5.41, 5.74) is 1.75. The van der Waals surface area contributed by atoms with E-state index in [1.54, 1.807) is 6.08 Å². The van der Waals surface area contributed by atoms with Crippen LogP contribution in [0.3, 0.4) is 0 Å². The lowest BCUT2D eigenvalue weighted by atomic mass is 10.1. The maximum Gasteiger partial charge on any atom is 0.185 e. The van der Waals surface area contributed by atoms with E-state index in [-0.39, 0.29) is 5.78 Å². The molecule has 78 valence electrons. The number of hydrogen-bond donors (Lipinski definition) is 0. The van der Waals surface area contributed by atoms with Crippen LogP contribution < -0.4 is 0 Å². The summed E-state index contributed by atoms with van der Waals surface area (Å²) in [6.45, 7) is 0. The molecule has 2 aromatic rings. The molecule has 0 aliphatic rings. The van der Waals surface area contributed by atoms with Crippen molar-refractivity contribution in [1.82, 2.24) is 0 Å². The van der Waals surface area contributed by atoms with Gasteiger partial charge in [-0.15, -0.1) is 0 Å². The second-order valence-corrected chi connectivity index (χ2v) is 3.47. The summed E-state index contributed by atoms with van der Waals surface area (Å²) in [5, 5.41) is 0. The van der Waals surface area contributed by atoms with Crippen molar-refractivity contribution in [3.05, 3.63) is 77.9 Å². The average molecular weight is 209 g/mol. The Balaban J connectivity index is 2.12. The number of carbonyl (C=O) groups is 1. The molecule has 0 saturated carbocycles. The van der Waals surface area contributed by atoms with E-state index in [1.165, 1.54) is 0 Å². The highest BCUT2D eigenvalue weighted by atomic mass is 16.1. The summed E-state index contributed by atoms with van der Waals surface area (Å²) >= 11 is 0. The van der Waals surface area contributed by atoms with E-state index in [4.69, 9.17) is 0 Å². The lowest BCUT2D eigenvalue weighted by molar-refractivity contribution is 0.104. The Bertz CT molecular complexity index is 483. The number of carbonyl (C=O) groups excluding carboxylic acids is 1. The second kappa shape index (κ2) is 5.08. The van der Waals surface area contributed by atoms with Gasteiger partial charge in [0.1, 0.15) is 0 Å². The lowest BCUT2D eigenvalue weighted by Crippen LogP contribution is -1.92. The third-order valence-corrected chi connectivity index (χ3v) is 2.29. The molecule has 0 radical (unpaired) electrons. The molecule has 0 heterocycles. The number of benzene rings is 2. The summed E-state index contributed by atoms with van der Waals surface area (Å²) in [7, 11) is 0. The normalized spacial score (nSPS) is 10.5. The highest BCUT2D eigenvalue weighted by Gasteiger charge is 1.98. The molecule has 0 aromatic heterocycles. The van der Waals surface area contributed by atoms with Crippen molar-refractivity contribution in [2.75, 3.05) is 0 Å². The topological polar surface area (TPSA) is 17.1 Å². The van der Waals surface area contributed by atoms with E-state index in [0.29, 0.717) is 0 Å². The van der Waals surface area contributed by atoms with E-state index in [0.717, 1.165) is 11.1 Å². The van der Waals surface area contributed by atoms with Crippen molar-refractivity contribution in [3.8, 4) is 0 Å². The van der Waals surface area contributed by atoms with Crippen LogP contribution in [0.15, 0.2) is 66.7 Å². The maximum absolute atomic E-state index is 11.7. The molecule has 0 N–H and O–H groups in total. The predicted octanol–water partition coefficient (Wildman–Crippen LogP) is 3.58. The van der Waals surface area contributed by atoms with Gasteiger partial charge in [0.25, 0.3) is 0 Å². The largest absolute Gasteiger partial charge is 0.289 e. The molecule has 1 nitrogen and oxygen atoms in total. The lowest BCUT2D eigenvalue weighted by Gasteiger charge is -1.94. The molecule has 0 fully saturated rings. The van der Waals surface area contributed by atoms with Gasteiger partial charge in [0.05, 0.1) is 0 Å². The third kappa shape index (κ3) is 2.67. The van der Waals surface area contributed by atoms with Crippen molar-refractivity contribution in [3.63, 3.8) is 0 Å². The zero-order valence-corrected chi connectivity index (χ0v) is 8.84. The zero-order valence-electron chi connectivity index (χ0n) is 8.84. The first-order valence-electron chi connectivity index (χ1n) is 5.19. The first kappa shape index (κ1) is 10.4. The Morgan fingerprint density at radius 3 is 2.00 bits per heavy atom. The number of allylic oxidation sites excluding steroid dienone is 1. The number of rotatable bonds is 3. The van der Waals surface area contributed by atoms with Crippen LogP contribution in [0, 0.1) is 0 Å². The standard InChI is InChI=1S/C15H12O/c16-15(14-9-5-2-6-10-14)12-11-13-7-3-1-4-8-13/h1-12H/i11+1. The zero-order chi connectivity index (χ0) is 11.2. The third-order valence-electron chi connectivity index (χ3n) is 2.29. The molecule has 0 amide bonds. The van der Waals surface area contributed by atoms with Crippen LogP contribution in [0.5, 0.6) is 0 Å². The van der Waals surface area contributed by atoms with Crippen LogP contribution in [0.2, 0.25) is 0 Å². The Morgan fingerprint density at radius 2 is 1.38 bits per heavy atom. The van der Waals surface area contributed by atoms with E-state index in [2.05, 4.69) is 0 Å². The minimum absolute atomic E-state index is 0.0319. The highest BCUT2D eigenvalue weighted by molar-refractivity contribution is 6.06. The van der Waals surface area contributed by atoms with Crippen LogP contribution in [0.1, 0.15) is 15.9 Å². The molecular weight excluding hydrogens is 197 g/mol. The van der Waals surface area contributed by atoms with Gasteiger partial charge in [0.15, 0.2) is 5.78 Å². The first-order chi connectivity index (χ1) is 7.86. The van der Waals surface area contributed by atoms with Crippen LogP contribution in [-0.4, -0.2) is 5.78 Å². The van der Waals surface area contributed by atoms with Gasteiger partial charge in [-0.25, -0.2) is 0 Å². The van der Waals surface area contributed by atoms with Crippen molar-refractivity contribution in [1.29, 1.82) is 0 Å². The molecule has 0 bridgehead atoms. The summed E-state index contributed by atoms with van der Waals surface area (Å²) in [5.74, 6) is 0.0319. The van der Waals surface area contributed by atoms with Crippen LogP contribution in [0.4, 0.5) is 0 Å². The number of hydrogen-bond acceptors (Lipinski definition) is 1. The molecule has 2 aromatic carbocycles. The predicted molar refractivity (Wildman–Crippen MR) is 66.2 cm³/mol. The minimum Gasteiger partial charge on any atom is -0.289 e. The van der Waals surface area contributed by atoms with Crippen molar-refractivity contribution in [2.45, 2.75) is 0 Å². The molecule has 16 heavy (non-hydrogen) atoms.